The van der Waals surface area contributed by atoms with Crippen LogP contribution in [0.25, 0.3) is 0 Å². The van der Waals surface area contributed by atoms with Gasteiger partial charge in [0.15, 0.2) is 0 Å². The number of aliphatic hydroxyl groups is 1. The first-order chi connectivity index (χ1) is 9.09. The Labute approximate surface area is 113 Å². The summed E-state index contributed by atoms with van der Waals surface area (Å²) in [4.78, 5) is 11.9. The molecule has 104 valence electrons. The molecule has 0 radical (unpaired) electrons. The summed E-state index contributed by atoms with van der Waals surface area (Å²) in [5, 5.41) is 9.54. The number of carbonyl (C=O) groups is 1. The summed E-state index contributed by atoms with van der Waals surface area (Å²) in [5.74, 6) is -0.338. The quantitative estimate of drug-likeness (QED) is 0.850. The van der Waals surface area contributed by atoms with Gasteiger partial charge in [0.1, 0.15) is 6.61 Å². The molecule has 4 nitrogen and oxygen atoms in total. The van der Waals surface area contributed by atoms with E-state index in [9.17, 15) is 9.90 Å². The highest BCUT2D eigenvalue weighted by molar-refractivity contribution is 5.89. The number of hydrogen-bond donors (Lipinski definition) is 1. The summed E-state index contributed by atoms with van der Waals surface area (Å²) in [7, 11) is 0. The second-order valence-electron chi connectivity index (χ2n) is 5.25. The zero-order valence-corrected chi connectivity index (χ0v) is 11.2. The molecule has 1 aromatic rings. The van der Waals surface area contributed by atoms with E-state index in [1.807, 2.05) is 13.0 Å². The minimum absolute atomic E-state index is 0.216. The lowest BCUT2D eigenvalue weighted by Gasteiger charge is -2.27. The maximum absolute atomic E-state index is 11.9. The average Bonchev–Trinajstić information content (AvgIpc) is 2.60. The number of esters is 1. The van der Waals surface area contributed by atoms with Crippen LogP contribution in [0.15, 0.2) is 30.3 Å². The van der Waals surface area contributed by atoms with Crippen LogP contribution >= 0.6 is 0 Å². The third kappa shape index (κ3) is 4.04. The molecule has 2 atom stereocenters. The van der Waals surface area contributed by atoms with Crippen molar-refractivity contribution in [3.05, 3.63) is 35.9 Å². The molecule has 1 aliphatic rings. The number of hydrogen-bond acceptors (Lipinski definition) is 4. The molecule has 1 aliphatic heterocycles. The minimum Gasteiger partial charge on any atom is -0.459 e. The van der Waals surface area contributed by atoms with Crippen molar-refractivity contribution in [1.29, 1.82) is 0 Å². The summed E-state index contributed by atoms with van der Waals surface area (Å²) in [6, 6.07) is 8.91. The summed E-state index contributed by atoms with van der Waals surface area (Å²) < 4.78 is 11.0. The third-order valence-electron chi connectivity index (χ3n) is 3.39. The Balaban J connectivity index is 1.89. The van der Waals surface area contributed by atoms with Gasteiger partial charge in [-0.25, -0.2) is 4.79 Å². The second-order valence-corrected chi connectivity index (χ2v) is 5.25. The summed E-state index contributed by atoms with van der Waals surface area (Å²) in [6.07, 6.45) is 1.99. The van der Waals surface area contributed by atoms with Gasteiger partial charge in [-0.05, 0) is 38.3 Å². The molecule has 0 bridgehead atoms. The second kappa shape index (κ2) is 6.17. The number of benzene rings is 1. The SMILES string of the molecule is CC1(COC(=O)c2ccccc2)CCCC(O)CO1. The Kier molecular flexibility index (Phi) is 4.56. The fourth-order valence-electron chi connectivity index (χ4n) is 2.15. The zero-order valence-electron chi connectivity index (χ0n) is 11.2. The molecule has 1 fully saturated rings. The molecule has 1 saturated heterocycles. The molecule has 2 unspecified atom stereocenters. The van der Waals surface area contributed by atoms with E-state index >= 15 is 0 Å². The molecule has 1 heterocycles. The van der Waals surface area contributed by atoms with Crippen LogP contribution in [-0.4, -0.2) is 36.0 Å². The van der Waals surface area contributed by atoms with Gasteiger partial charge in [0.05, 0.1) is 23.9 Å². The summed E-state index contributed by atoms with van der Waals surface area (Å²) >= 11 is 0. The van der Waals surface area contributed by atoms with Crippen molar-refractivity contribution in [2.45, 2.75) is 37.9 Å². The Morgan fingerprint density at radius 1 is 1.47 bits per heavy atom. The molecule has 0 aromatic heterocycles. The van der Waals surface area contributed by atoms with Crippen LogP contribution in [0.5, 0.6) is 0 Å². The van der Waals surface area contributed by atoms with Crippen molar-refractivity contribution in [3.8, 4) is 0 Å². The van der Waals surface area contributed by atoms with Crippen molar-refractivity contribution in [1.82, 2.24) is 0 Å². The minimum atomic E-state index is -0.498. The molecular weight excluding hydrogens is 244 g/mol. The van der Waals surface area contributed by atoms with Gasteiger partial charge in [-0.15, -0.1) is 0 Å². The van der Waals surface area contributed by atoms with Crippen LogP contribution in [0, 0.1) is 0 Å². The number of ether oxygens (including phenoxy) is 2. The van der Waals surface area contributed by atoms with E-state index < -0.39 is 11.7 Å². The van der Waals surface area contributed by atoms with E-state index in [1.54, 1.807) is 24.3 Å². The topological polar surface area (TPSA) is 55.8 Å². The molecule has 0 amide bonds. The van der Waals surface area contributed by atoms with Gasteiger partial charge in [0.2, 0.25) is 0 Å². The van der Waals surface area contributed by atoms with Crippen LogP contribution in [-0.2, 0) is 9.47 Å². The lowest BCUT2D eigenvalue weighted by molar-refractivity contribution is -0.0890. The van der Waals surface area contributed by atoms with Crippen LogP contribution in [0.4, 0.5) is 0 Å². The molecule has 1 N–H and O–H groups in total. The Hall–Kier alpha value is -1.39. The van der Waals surface area contributed by atoms with Crippen molar-refractivity contribution >= 4 is 5.97 Å². The lowest BCUT2D eigenvalue weighted by atomic mass is 10.0. The predicted molar refractivity (Wildman–Crippen MR) is 70.9 cm³/mol. The van der Waals surface area contributed by atoms with E-state index in [0.29, 0.717) is 12.2 Å². The van der Waals surface area contributed by atoms with Gasteiger partial charge >= 0.3 is 5.97 Å². The lowest BCUT2D eigenvalue weighted by Crippen LogP contribution is -2.35. The number of rotatable bonds is 3. The van der Waals surface area contributed by atoms with E-state index in [4.69, 9.17) is 9.47 Å². The average molecular weight is 264 g/mol. The van der Waals surface area contributed by atoms with Gasteiger partial charge < -0.3 is 14.6 Å². The van der Waals surface area contributed by atoms with Crippen molar-refractivity contribution < 1.29 is 19.4 Å². The number of carbonyl (C=O) groups excluding carboxylic acids is 1. The van der Waals surface area contributed by atoms with Gasteiger partial charge in [0, 0.05) is 0 Å². The van der Waals surface area contributed by atoms with E-state index in [1.165, 1.54) is 0 Å². The van der Waals surface area contributed by atoms with Crippen LogP contribution < -0.4 is 0 Å². The smallest absolute Gasteiger partial charge is 0.338 e. The fourth-order valence-corrected chi connectivity index (χ4v) is 2.15. The van der Waals surface area contributed by atoms with Crippen LogP contribution in [0.3, 0.4) is 0 Å². The first kappa shape index (κ1) is 14.0. The van der Waals surface area contributed by atoms with E-state index in [2.05, 4.69) is 0 Å². The molecule has 4 heteroatoms. The zero-order chi connectivity index (χ0) is 13.7. The van der Waals surface area contributed by atoms with Gasteiger partial charge in [-0.1, -0.05) is 18.2 Å². The standard InChI is InChI=1S/C15H20O4/c1-15(9-5-8-13(16)10-19-15)11-18-14(17)12-6-3-2-4-7-12/h2-4,6-7,13,16H,5,8-11H2,1H3. The Bertz CT molecular complexity index is 417. The maximum atomic E-state index is 11.9. The Morgan fingerprint density at radius 3 is 2.95 bits per heavy atom. The molecule has 19 heavy (non-hydrogen) atoms. The molecule has 0 saturated carbocycles. The highest BCUT2D eigenvalue weighted by Crippen LogP contribution is 2.24. The summed E-state index contributed by atoms with van der Waals surface area (Å²) in [5.41, 5.74) is 0.0433. The van der Waals surface area contributed by atoms with E-state index in [-0.39, 0.29) is 12.6 Å². The normalized spacial score (nSPS) is 27.6. The molecular formula is C15H20O4. The predicted octanol–water partition coefficient (Wildman–Crippen LogP) is 2.16. The fraction of sp³-hybridized carbons (Fsp3) is 0.533. The van der Waals surface area contributed by atoms with Gasteiger partial charge in [-0.3, -0.25) is 0 Å². The largest absolute Gasteiger partial charge is 0.459 e. The van der Waals surface area contributed by atoms with Gasteiger partial charge in [-0.2, -0.15) is 0 Å². The molecule has 1 aromatic carbocycles. The third-order valence-corrected chi connectivity index (χ3v) is 3.39. The monoisotopic (exact) mass is 264 g/mol. The van der Waals surface area contributed by atoms with Crippen LogP contribution in [0.1, 0.15) is 36.5 Å². The molecule has 0 spiro atoms. The van der Waals surface area contributed by atoms with Crippen molar-refractivity contribution in [3.63, 3.8) is 0 Å². The maximum Gasteiger partial charge on any atom is 0.338 e. The summed E-state index contributed by atoms with van der Waals surface area (Å²) in [6.45, 7) is 2.44. The highest BCUT2D eigenvalue weighted by atomic mass is 16.6. The number of aliphatic hydroxyl groups excluding tert-OH is 1. The van der Waals surface area contributed by atoms with Crippen LogP contribution in [0.2, 0.25) is 0 Å². The molecule has 0 aliphatic carbocycles. The van der Waals surface area contributed by atoms with Gasteiger partial charge in [0.25, 0.3) is 0 Å². The van der Waals surface area contributed by atoms with E-state index in [0.717, 1.165) is 19.3 Å². The molecule has 2 rings (SSSR count). The first-order valence-electron chi connectivity index (χ1n) is 6.63. The highest BCUT2D eigenvalue weighted by Gasteiger charge is 2.30. The van der Waals surface area contributed by atoms with Crippen molar-refractivity contribution in [2.24, 2.45) is 0 Å². The van der Waals surface area contributed by atoms with Crippen molar-refractivity contribution in [2.75, 3.05) is 13.2 Å². The Morgan fingerprint density at radius 2 is 2.21 bits per heavy atom. The first-order valence-corrected chi connectivity index (χ1v) is 6.63.